The fourth-order valence-corrected chi connectivity index (χ4v) is 3.82. The Labute approximate surface area is 181 Å². The van der Waals surface area contributed by atoms with Crippen molar-refractivity contribution in [3.8, 4) is 11.4 Å². The molecule has 4 aromatic rings. The second-order valence-corrected chi connectivity index (χ2v) is 8.03. The van der Waals surface area contributed by atoms with Gasteiger partial charge in [0.05, 0.1) is 5.75 Å². The number of aromatic nitrogens is 4. The first-order valence-electron chi connectivity index (χ1n) is 9.19. The normalized spacial score (nSPS) is 11.0. The van der Waals surface area contributed by atoms with Crippen LogP contribution in [0.15, 0.2) is 64.5 Å². The zero-order chi connectivity index (χ0) is 21.1. The standard InChI is InChI=1S/C21H18ClN5O2S/c1-13-4-2-3-5-16(13)20-24-17-10-18(28)26-27(17)21(25-20)30-12-19(29)23-11-14-6-8-15(22)9-7-14/h2-10H,11-12H2,1H3,(H,23,29)(H,26,28). The fraction of sp³-hybridized carbons (Fsp3) is 0.143. The molecule has 2 N–H and O–H groups in total. The lowest BCUT2D eigenvalue weighted by Crippen LogP contribution is -2.24. The minimum Gasteiger partial charge on any atom is -0.351 e. The monoisotopic (exact) mass is 439 g/mol. The van der Waals surface area contributed by atoms with E-state index < -0.39 is 0 Å². The average Bonchev–Trinajstić information content (AvgIpc) is 3.12. The minimum absolute atomic E-state index is 0.145. The Morgan fingerprint density at radius 2 is 1.93 bits per heavy atom. The van der Waals surface area contributed by atoms with E-state index in [1.54, 1.807) is 12.1 Å². The van der Waals surface area contributed by atoms with Gasteiger partial charge in [-0.2, -0.15) is 0 Å². The highest BCUT2D eigenvalue weighted by molar-refractivity contribution is 7.99. The topological polar surface area (TPSA) is 92.2 Å². The molecule has 0 unspecified atom stereocenters. The maximum absolute atomic E-state index is 12.3. The molecule has 0 aliphatic carbocycles. The van der Waals surface area contributed by atoms with Crippen LogP contribution in [0.3, 0.4) is 0 Å². The fourth-order valence-electron chi connectivity index (χ4n) is 2.91. The van der Waals surface area contributed by atoms with E-state index in [1.165, 1.54) is 22.3 Å². The van der Waals surface area contributed by atoms with Crippen molar-refractivity contribution >= 4 is 34.9 Å². The van der Waals surface area contributed by atoms with Gasteiger partial charge in [-0.1, -0.05) is 59.8 Å². The Morgan fingerprint density at radius 3 is 2.70 bits per heavy atom. The van der Waals surface area contributed by atoms with E-state index in [0.717, 1.165) is 16.7 Å². The lowest BCUT2D eigenvalue weighted by molar-refractivity contribution is -0.118. The van der Waals surface area contributed by atoms with Crippen LogP contribution in [-0.4, -0.2) is 31.2 Å². The first-order chi connectivity index (χ1) is 14.5. The number of carbonyl (C=O) groups is 1. The summed E-state index contributed by atoms with van der Waals surface area (Å²) < 4.78 is 1.50. The third kappa shape index (κ3) is 4.55. The summed E-state index contributed by atoms with van der Waals surface area (Å²) in [5, 5.41) is 6.69. The zero-order valence-corrected chi connectivity index (χ0v) is 17.6. The molecule has 0 fully saturated rings. The number of thioether (sulfide) groups is 1. The quantitative estimate of drug-likeness (QED) is 0.449. The molecule has 9 heteroatoms. The van der Waals surface area contributed by atoms with Gasteiger partial charge in [-0.25, -0.2) is 14.5 Å². The Hall–Kier alpha value is -3.10. The van der Waals surface area contributed by atoms with Gasteiger partial charge in [-0.3, -0.25) is 14.7 Å². The van der Waals surface area contributed by atoms with E-state index in [2.05, 4.69) is 20.4 Å². The van der Waals surface area contributed by atoms with Gasteiger partial charge in [0.2, 0.25) is 5.91 Å². The lowest BCUT2D eigenvalue weighted by atomic mass is 10.1. The number of hydrogen-bond acceptors (Lipinski definition) is 5. The number of H-pyrrole nitrogens is 1. The third-order valence-corrected chi connectivity index (χ3v) is 5.64. The van der Waals surface area contributed by atoms with Crippen LogP contribution in [0.4, 0.5) is 0 Å². The molecule has 0 aliphatic rings. The Kier molecular flexibility index (Phi) is 5.87. The van der Waals surface area contributed by atoms with E-state index >= 15 is 0 Å². The van der Waals surface area contributed by atoms with Crippen molar-refractivity contribution in [2.45, 2.75) is 18.6 Å². The number of carbonyl (C=O) groups excluding carboxylic acids is 1. The van der Waals surface area contributed by atoms with Crippen LogP contribution >= 0.6 is 23.4 Å². The second kappa shape index (κ2) is 8.73. The van der Waals surface area contributed by atoms with Crippen molar-refractivity contribution in [2.75, 3.05) is 5.75 Å². The van der Waals surface area contributed by atoms with Crippen molar-refractivity contribution in [1.82, 2.24) is 24.9 Å². The predicted octanol–water partition coefficient (Wildman–Crippen LogP) is 3.45. The maximum Gasteiger partial charge on any atom is 0.266 e. The van der Waals surface area contributed by atoms with Crippen LogP contribution in [0.1, 0.15) is 11.1 Å². The van der Waals surface area contributed by atoms with Crippen LogP contribution < -0.4 is 10.9 Å². The number of fused-ring (bicyclic) bond motifs is 1. The molecule has 0 spiro atoms. The van der Waals surface area contributed by atoms with Crippen LogP contribution in [-0.2, 0) is 11.3 Å². The SMILES string of the molecule is Cc1ccccc1-c1nc(SCC(=O)NCc2ccc(Cl)cc2)n2[nH]c(=O)cc2n1. The Bertz CT molecular complexity index is 1270. The molecular weight excluding hydrogens is 422 g/mol. The van der Waals surface area contributed by atoms with E-state index in [4.69, 9.17) is 11.6 Å². The molecule has 2 heterocycles. The van der Waals surface area contributed by atoms with Crippen molar-refractivity contribution in [3.05, 3.63) is 81.1 Å². The van der Waals surface area contributed by atoms with Gasteiger partial charge < -0.3 is 5.32 Å². The molecule has 1 amide bonds. The summed E-state index contributed by atoms with van der Waals surface area (Å²) in [5.74, 6) is 0.512. The molecule has 0 atom stereocenters. The van der Waals surface area contributed by atoms with Crippen LogP contribution in [0, 0.1) is 6.92 Å². The van der Waals surface area contributed by atoms with Crippen molar-refractivity contribution in [1.29, 1.82) is 0 Å². The maximum atomic E-state index is 12.3. The van der Waals surface area contributed by atoms with Gasteiger partial charge >= 0.3 is 0 Å². The molecule has 30 heavy (non-hydrogen) atoms. The molecule has 0 radical (unpaired) electrons. The number of aromatic amines is 1. The molecular formula is C21H18ClN5O2S. The van der Waals surface area contributed by atoms with Gasteiger partial charge in [0.25, 0.3) is 5.56 Å². The smallest absolute Gasteiger partial charge is 0.266 e. The highest BCUT2D eigenvalue weighted by Gasteiger charge is 2.14. The van der Waals surface area contributed by atoms with Crippen LogP contribution in [0.5, 0.6) is 0 Å². The highest BCUT2D eigenvalue weighted by Crippen LogP contribution is 2.23. The van der Waals surface area contributed by atoms with Gasteiger partial charge in [-0.15, -0.1) is 0 Å². The summed E-state index contributed by atoms with van der Waals surface area (Å²) in [6, 6.07) is 16.5. The average molecular weight is 440 g/mol. The molecule has 2 aromatic heterocycles. The zero-order valence-electron chi connectivity index (χ0n) is 16.1. The minimum atomic E-state index is -0.278. The van der Waals surface area contributed by atoms with Gasteiger partial charge in [0, 0.05) is 23.2 Å². The number of aryl methyl sites for hydroxylation is 1. The Balaban J connectivity index is 1.53. The van der Waals surface area contributed by atoms with E-state index in [0.29, 0.717) is 28.2 Å². The van der Waals surface area contributed by atoms with Crippen molar-refractivity contribution in [3.63, 3.8) is 0 Å². The molecule has 152 valence electrons. The first-order valence-corrected chi connectivity index (χ1v) is 10.6. The molecule has 7 nitrogen and oxygen atoms in total. The number of amides is 1. The van der Waals surface area contributed by atoms with Crippen molar-refractivity contribution < 1.29 is 4.79 Å². The van der Waals surface area contributed by atoms with Gasteiger partial charge in [0.15, 0.2) is 16.6 Å². The summed E-state index contributed by atoms with van der Waals surface area (Å²) in [7, 11) is 0. The van der Waals surface area contributed by atoms with Gasteiger partial charge in [-0.05, 0) is 30.2 Å². The van der Waals surface area contributed by atoms with E-state index in [1.807, 2.05) is 43.3 Å². The van der Waals surface area contributed by atoms with Crippen LogP contribution in [0.25, 0.3) is 17.0 Å². The molecule has 0 saturated carbocycles. The molecule has 4 rings (SSSR count). The van der Waals surface area contributed by atoms with Crippen molar-refractivity contribution in [2.24, 2.45) is 0 Å². The van der Waals surface area contributed by atoms with E-state index in [-0.39, 0.29) is 17.2 Å². The number of rotatable bonds is 6. The largest absolute Gasteiger partial charge is 0.351 e. The third-order valence-electron chi connectivity index (χ3n) is 4.45. The summed E-state index contributed by atoms with van der Waals surface area (Å²) in [4.78, 5) is 33.2. The second-order valence-electron chi connectivity index (χ2n) is 6.65. The molecule has 0 saturated heterocycles. The summed E-state index contributed by atoms with van der Waals surface area (Å²) in [6.07, 6.45) is 0. The lowest BCUT2D eigenvalue weighted by Gasteiger charge is -2.09. The predicted molar refractivity (Wildman–Crippen MR) is 118 cm³/mol. The summed E-state index contributed by atoms with van der Waals surface area (Å²) in [6.45, 7) is 2.38. The van der Waals surface area contributed by atoms with E-state index in [9.17, 15) is 9.59 Å². The summed E-state index contributed by atoms with van der Waals surface area (Å²) >= 11 is 7.11. The first kappa shape index (κ1) is 20.2. The Morgan fingerprint density at radius 1 is 1.17 bits per heavy atom. The summed E-state index contributed by atoms with van der Waals surface area (Å²) in [5.41, 5.74) is 3.04. The molecule has 0 bridgehead atoms. The molecule has 0 aliphatic heterocycles. The van der Waals surface area contributed by atoms with Crippen LogP contribution in [0.2, 0.25) is 5.02 Å². The number of benzene rings is 2. The number of hydrogen-bond donors (Lipinski definition) is 2. The van der Waals surface area contributed by atoms with Gasteiger partial charge in [0.1, 0.15) is 0 Å². The molecule has 2 aromatic carbocycles. The highest BCUT2D eigenvalue weighted by atomic mass is 35.5. The number of nitrogens with one attached hydrogen (secondary N) is 2. The number of nitrogens with zero attached hydrogens (tertiary/aromatic N) is 3. The number of halogens is 1.